The lowest BCUT2D eigenvalue weighted by atomic mass is 10.3. The first kappa shape index (κ1) is 13.8. The molecule has 0 fully saturated rings. The molecule has 0 atom stereocenters. The van der Waals surface area contributed by atoms with Crippen LogP contribution in [0.2, 0.25) is 0 Å². The van der Waals surface area contributed by atoms with E-state index in [1.165, 1.54) is 0 Å². The Balaban J connectivity index is 2.67. The number of aryl methyl sites for hydroxylation is 1. The molecule has 0 unspecified atom stereocenters. The lowest BCUT2D eigenvalue weighted by Gasteiger charge is -2.21. The maximum atomic E-state index is 5.50. The Labute approximate surface area is 107 Å². The van der Waals surface area contributed by atoms with Crippen molar-refractivity contribution in [3.63, 3.8) is 0 Å². The van der Waals surface area contributed by atoms with Crippen LogP contribution in [-0.2, 0) is 4.74 Å². The van der Waals surface area contributed by atoms with E-state index in [1.54, 1.807) is 19.5 Å². The first-order valence-corrected chi connectivity index (χ1v) is 5.85. The first-order valence-electron chi connectivity index (χ1n) is 5.44. The van der Waals surface area contributed by atoms with E-state index < -0.39 is 0 Å². The molecule has 0 aliphatic carbocycles. The highest BCUT2D eigenvalue weighted by Crippen LogP contribution is 2.07. The number of hydrogen-bond acceptors (Lipinski definition) is 5. The topological polar surface area (TPSA) is 64.3 Å². The molecule has 0 aliphatic rings. The molecule has 6 heteroatoms. The zero-order valence-corrected chi connectivity index (χ0v) is 11.0. The van der Waals surface area contributed by atoms with Crippen molar-refractivity contribution >= 4 is 23.2 Å². The van der Waals surface area contributed by atoms with E-state index in [4.69, 9.17) is 22.7 Å². The van der Waals surface area contributed by atoms with Crippen molar-refractivity contribution in [3.8, 4) is 0 Å². The molecular formula is C11H18N4OS. The van der Waals surface area contributed by atoms with Gasteiger partial charge in [0.05, 0.1) is 11.6 Å². The maximum absolute atomic E-state index is 5.50. The van der Waals surface area contributed by atoms with Crippen LogP contribution in [0.3, 0.4) is 0 Å². The molecule has 0 saturated carbocycles. The fourth-order valence-corrected chi connectivity index (χ4v) is 1.40. The highest BCUT2D eigenvalue weighted by Gasteiger charge is 2.09. The summed E-state index contributed by atoms with van der Waals surface area (Å²) in [6.07, 6.45) is 4.24. The molecule has 0 amide bonds. The summed E-state index contributed by atoms with van der Waals surface area (Å²) in [5.41, 5.74) is 6.54. The van der Waals surface area contributed by atoms with Gasteiger partial charge in [0.25, 0.3) is 0 Å². The van der Waals surface area contributed by atoms with Gasteiger partial charge in [-0.1, -0.05) is 12.2 Å². The van der Waals surface area contributed by atoms with Crippen LogP contribution in [-0.4, -0.2) is 41.8 Å². The molecule has 17 heavy (non-hydrogen) atoms. The molecule has 0 aromatic carbocycles. The molecule has 2 N–H and O–H groups in total. The van der Waals surface area contributed by atoms with Gasteiger partial charge in [-0.15, -0.1) is 0 Å². The summed E-state index contributed by atoms with van der Waals surface area (Å²) in [5.74, 6) is 0.684. The number of ether oxygens (including phenoxy) is 1. The van der Waals surface area contributed by atoms with Crippen LogP contribution in [0.5, 0.6) is 0 Å². The molecule has 0 saturated heterocycles. The van der Waals surface area contributed by atoms with Crippen molar-refractivity contribution in [2.24, 2.45) is 5.73 Å². The third-order valence-corrected chi connectivity index (χ3v) is 2.45. The van der Waals surface area contributed by atoms with Crippen LogP contribution in [0, 0.1) is 6.92 Å². The molecule has 1 aromatic rings. The third-order valence-electron chi connectivity index (χ3n) is 2.24. The smallest absolute Gasteiger partial charge is 0.225 e. The number of anilines is 1. The van der Waals surface area contributed by atoms with Crippen molar-refractivity contribution in [1.82, 2.24) is 9.97 Å². The summed E-state index contributed by atoms with van der Waals surface area (Å²) < 4.78 is 5.06. The highest BCUT2D eigenvalue weighted by molar-refractivity contribution is 7.80. The number of thiocarbonyl (C=S) groups is 1. The number of hydrogen-bond donors (Lipinski definition) is 1. The molecular weight excluding hydrogens is 236 g/mol. The van der Waals surface area contributed by atoms with Crippen LogP contribution >= 0.6 is 12.2 Å². The molecule has 0 bridgehead atoms. The van der Waals surface area contributed by atoms with E-state index in [-0.39, 0.29) is 0 Å². The maximum Gasteiger partial charge on any atom is 0.225 e. The fourth-order valence-electron chi connectivity index (χ4n) is 1.31. The van der Waals surface area contributed by atoms with Gasteiger partial charge in [0.15, 0.2) is 0 Å². The van der Waals surface area contributed by atoms with Crippen LogP contribution in [0.4, 0.5) is 5.95 Å². The predicted molar refractivity (Wildman–Crippen MR) is 72.3 cm³/mol. The summed E-state index contributed by atoms with van der Waals surface area (Å²) >= 11 is 4.88. The van der Waals surface area contributed by atoms with Gasteiger partial charge in [0.1, 0.15) is 0 Å². The molecule has 0 spiro atoms. The summed E-state index contributed by atoms with van der Waals surface area (Å²) in [7, 11) is 1.67. The SMILES string of the molecule is COCCN(CCC(N)=S)c1ncc(C)cn1. The minimum Gasteiger partial charge on any atom is -0.393 e. The second kappa shape index (κ2) is 7.13. The number of aromatic nitrogens is 2. The minimum atomic E-state index is 0.500. The number of methoxy groups -OCH3 is 1. The van der Waals surface area contributed by atoms with Gasteiger partial charge in [-0.05, 0) is 12.5 Å². The monoisotopic (exact) mass is 254 g/mol. The Bertz CT molecular complexity index is 355. The second-order valence-electron chi connectivity index (χ2n) is 3.76. The van der Waals surface area contributed by atoms with Crippen LogP contribution in [0.15, 0.2) is 12.4 Å². The van der Waals surface area contributed by atoms with Crippen molar-refractivity contribution in [2.75, 3.05) is 31.7 Å². The Hall–Kier alpha value is -1.27. The summed E-state index contributed by atoms with van der Waals surface area (Å²) in [5, 5.41) is 0. The summed E-state index contributed by atoms with van der Waals surface area (Å²) in [6.45, 7) is 4.01. The Morgan fingerprint density at radius 1 is 1.41 bits per heavy atom. The van der Waals surface area contributed by atoms with Gasteiger partial charge in [0, 0.05) is 39.0 Å². The quantitative estimate of drug-likeness (QED) is 0.730. The third kappa shape index (κ3) is 5.06. The second-order valence-corrected chi connectivity index (χ2v) is 4.28. The molecule has 5 nitrogen and oxygen atoms in total. The van der Waals surface area contributed by atoms with Crippen LogP contribution in [0.25, 0.3) is 0 Å². The van der Waals surface area contributed by atoms with Gasteiger partial charge < -0.3 is 15.4 Å². The lowest BCUT2D eigenvalue weighted by molar-refractivity contribution is 0.205. The average Bonchev–Trinajstić information content (AvgIpc) is 2.30. The van der Waals surface area contributed by atoms with E-state index >= 15 is 0 Å². The summed E-state index contributed by atoms with van der Waals surface area (Å²) in [6, 6.07) is 0. The molecule has 0 aliphatic heterocycles. The van der Waals surface area contributed by atoms with Crippen molar-refractivity contribution < 1.29 is 4.74 Å². The van der Waals surface area contributed by atoms with E-state index in [0.717, 1.165) is 12.1 Å². The van der Waals surface area contributed by atoms with Crippen LogP contribution < -0.4 is 10.6 Å². The Morgan fingerprint density at radius 3 is 2.59 bits per heavy atom. The standard InChI is InChI=1S/C11H18N4OS/c1-9-7-13-11(14-8-9)15(5-6-16-2)4-3-10(12)17/h7-8H,3-6H2,1-2H3,(H2,12,17). The predicted octanol–water partition coefficient (Wildman–Crippen LogP) is 0.914. The molecule has 94 valence electrons. The van der Waals surface area contributed by atoms with E-state index in [0.29, 0.717) is 30.5 Å². The fraction of sp³-hybridized carbons (Fsp3) is 0.545. The number of nitrogens with two attached hydrogens (primary N) is 1. The first-order chi connectivity index (χ1) is 8.13. The molecule has 1 aromatic heterocycles. The molecule has 1 heterocycles. The van der Waals surface area contributed by atoms with Gasteiger partial charge in [-0.2, -0.15) is 0 Å². The zero-order chi connectivity index (χ0) is 12.7. The largest absolute Gasteiger partial charge is 0.393 e. The highest BCUT2D eigenvalue weighted by atomic mass is 32.1. The number of rotatable bonds is 7. The average molecular weight is 254 g/mol. The van der Waals surface area contributed by atoms with Gasteiger partial charge in [0.2, 0.25) is 5.95 Å². The van der Waals surface area contributed by atoms with E-state index in [2.05, 4.69) is 9.97 Å². The van der Waals surface area contributed by atoms with Crippen molar-refractivity contribution in [1.29, 1.82) is 0 Å². The lowest BCUT2D eigenvalue weighted by Crippen LogP contribution is -2.32. The van der Waals surface area contributed by atoms with Gasteiger partial charge in [-0.25, -0.2) is 9.97 Å². The Morgan fingerprint density at radius 2 is 2.06 bits per heavy atom. The van der Waals surface area contributed by atoms with E-state index in [1.807, 2.05) is 11.8 Å². The summed E-state index contributed by atoms with van der Waals surface area (Å²) in [4.78, 5) is 11.1. The normalized spacial score (nSPS) is 10.2. The molecule has 1 rings (SSSR count). The zero-order valence-electron chi connectivity index (χ0n) is 10.2. The minimum absolute atomic E-state index is 0.500. The van der Waals surface area contributed by atoms with E-state index in [9.17, 15) is 0 Å². The number of nitrogens with zero attached hydrogens (tertiary/aromatic N) is 3. The van der Waals surface area contributed by atoms with Gasteiger partial charge in [-0.3, -0.25) is 0 Å². The van der Waals surface area contributed by atoms with Crippen LogP contribution in [0.1, 0.15) is 12.0 Å². The molecule has 0 radical (unpaired) electrons. The van der Waals surface area contributed by atoms with Crippen molar-refractivity contribution in [2.45, 2.75) is 13.3 Å². The Kier molecular flexibility index (Phi) is 5.79. The van der Waals surface area contributed by atoms with Gasteiger partial charge >= 0.3 is 0 Å². The van der Waals surface area contributed by atoms with Crippen molar-refractivity contribution in [3.05, 3.63) is 18.0 Å².